The number of rotatable bonds is 10. The van der Waals surface area contributed by atoms with Crippen molar-refractivity contribution in [3.05, 3.63) is 65.0 Å². The molecule has 0 saturated carbocycles. The fourth-order valence-electron chi connectivity index (χ4n) is 4.12. The lowest BCUT2D eigenvalue weighted by molar-refractivity contribution is 0.0937. The highest BCUT2D eigenvalue weighted by molar-refractivity contribution is 5.96. The summed E-state index contributed by atoms with van der Waals surface area (Å²) >= 11 is 0. The van der Waals surface area contributed by atoms with Crippen LogP contribution >= 0.6 is 0 Å². The van der Waals surface area contributed by atoms with Crippen LogP contribution in [-0.4, -0.2) is 15.5 Å². The molecule has 0 aliphatic carbocycles. The van der Waals surface area contributed by atoms with E-state index < -0.39 is 0 Å². The van der Waals surface area contributed by atoms with Crippen LogP contribution in [0.25, 0.3) is 11.0 Å². The molecule has 30 heavy (non-hydrogen) atoms. The zero-order valence-corrected chi connectivity index (χ0v) is 18.9. The number of unbranched alkanes of at least 4 members (excludes halogenated alkanes) is 5. The summed E-state index contributed by atoms with van der Waals surface area (Å²) < 4.78 is 2.29. The Bertz CT molecular complexity index is 989. The molecule has 3 rings (SSSR count). The van der Waals surface area contributed by atoms with Crippen molar-refractivity contribution in [3.63, 3.8) is 0 Å². The number of nitrogens with zero attached hydrogens (tertiary/aromatic N) is 2. The van der Waals surface area contributed by atoms with Gasteiger partial charge in [-0.15, -0.1) is 0 Å². The summed E-state index contributed by atoms with van der Waals surface area (Å²) in [7, 11) is 0. The molecule has 3 aromatic rings. The Morgan fingerprint density at radius 1 is 1.03 bits per heavy atom. The van der Waals surface area contributed by atoms with Gasteiger partial charge in [-0.25, -0.2) is 4.98 Å². The Balaban J connectivity index is 1.75. The van der Waals surface area contributed by atoms with Gasteiger partial charge in [0.1, 0.15) is 5.82 Å². The smallest absolute Gasteiger partial charge is 0.252 e. The summed E-state index contributed by atoms with van der Waals surface area (Å²) in [4.78, 5) is 17.8. The number of hydrogen-bond acceptors (Lipinski definition) is 2. The van der Waals surface area contributed by atoms with Crippen molar-refractivity contribution in [2.45, 2.75) is 78.8 Å². The fourth-order valence-corrected chi connectivity index (χ4v) is 4.12. The molecule has 0 spiro atoms. The molecule has 0 aliphatic rings. The first-order chi connectivity index (χ1) is 14.5. The van der Waals surface area contributed by atoms with Gasteiger partial charge in [0.2, 0.25) is 0 Å². The molecule has 1 heterocycles. The Morgan fingerprint density at radius 3 is 2.53 bits per heavy atom. The highest BCUT2D eigenvalue weighted by Gasteiger charge is 2.19. The highest BCUT2D eigenvalue weighted by Crippen LogP contribution is 2.23. The van der Waals surface area contributed by atoms with Gasteiger partial charge in [-0.3, -0.25) is 4.79 Å². The molecule has 0 bridgehead atoms. The van der Waals surface area contributed by atoms with E-state index in [1.807, 2.05) is 45.0 Å². The molecule has 2 aromatic carbocycles. The van der Waals surface area contributed by atoms with Gasteiger partial charge in [0.15, 0.2) is 0 Å². The number of amides is 1. The van der Waals surface area contributed by atoms with Crippen molar-refractivity contribution in [3.8, 4) is 0 Å². The van der Waals surface area contributed by atoms with E-state index in [-0.39, 0.29) is 11.9 Å². The molecule has 160 valence electrons. The van der Waals surface area contributed by atoms with Crippen LogP contribution in [0, 0.1) is 13.8 Å². The van der Waals surface area contributed by atoms with E-state index in [1.165, 1.54) is 32.1 Å². The molecule has 1 aromatic heterocycles. The number of imidazole rings is 1. The highest BCUT2D eigenvalue weighted by atomic mass is 16.1. The monoisotopic (exact) mass is 405 g/mol. The summed E-state index contributed by atoms with van der Waals surface area (Å²) in [6.45, 7) is 9.24. The largest absolute Gasteiger partial charge is 0.342 e. The molecular formula is C26H35N3O. The van der Waals surface area contributed by atoms with Crippen molar-refractivity contribution < 1.29 is 4.79 Å². The maximum absolute atomic E-state index is 12.9. The number of benzene rings is 2. The average Bonchev–Trinajstić information content (AvgIpc) is 3.09. The average molecular weight is 406 g/mol. The SMILES string of the molecule is CCCCCCCCn1c(C(C)NC(=O)c2ccc(C)cc2C)nc2ccccc21. The third-order valence-electron chi connectivity index (χ3n) is 5.78. The van der Waals surface area contributed by atoms with E-state index in [0.717, 1.165) is 46.5 Å². The molecule has 0 saturated heterocycles. The van der Waals surface area contributed by atoms with E-state index in [4.69, 9.17) is 4.98 Å². The number of aryl methyl sites for hydroxylation is 3. The quantitative estimate of drug-likeness (QED) is 0.391. The van der Waals surface area contributed by atoms with Crippen molar-refractivity contribution in [1.29, 1.82) is 0 Å². The van der Waals surface area contributed by atoms with Crippen molar-refractivity contribution >= 4 is 16.9 Å². The first kappa shape index (κ1) is 22.1. The minimum atomic E-state index is -0.161. The van der Waals surface area contributed by atoms with Crippen LogP contribution in [0.4, 0.5) is 0 Å². The van der Waals surface area contributed by atoms with Crippen LogP contribution in [0.5, 0.6) is 0 Å². The van der Waals surface area contributed by atoms with E-state index >= 15 is 0 Å². The van der Waals surface area contributed by atoms with Crippen LogP contribution in [0.3, 0.4) is 0 Å². The predicted octanol–water partition coefficient (Wildman–Crippen LogP) is 6.50. The normalized spacial score (nSPS) is 12.3. The van der Waals surface area contributed by atoms with E-state index in [1.54, 1.807) is 0 Å². The topological polar surface area (TPSA) is 46.9 Å². The first-order valence-electron chi connectivity index (χ1n) is 11.3. The van der Waals surface area contributed by atoms with Gasteiger partial charge < -0.3 is 9.88 Å². The number of carbonyl (C=O) groups is 1. The lowest BCUT2D eigenvalue weighted by Crippen LogP contribution is -2.29. The second kappa shape index (κ2) is 10.4. The lowest BCUT2D eigenvalue weighted by atomic mass is 10.0. The minimum Gasteiger partial charge on any atom is -0.342 e. The molecule has 1 unspecified atom stereocenters. The van der Waals surface area contributed by atoms with Crippen LogP contribution in [0.1, 0.15) is 85.7 Å². The molecule has 0 fully saturated rings. The number of fused-ring (bicyclic) bond motifs is 1. The predicted molar refractivity (Wildman–Crippen MR) is 125 cm³/mol. The van der Waals surface area contributed by atoms with Crippen molar-refractivity contribution in [1.82, 2.24) is 14.9 Å². The van der Waals surface area contributed by atoms with E-state index in [0.29, 0.717) is 0 Å². The molecule has 0 radical (unpaired) electrons. The lowest BCUT2D eigenvalue weighted by Gasteiger charge is -2.17. The number of hydrogen-bond donors (Lipinski definition) is 1. The Morgan fingerprint density at radius 2 is 1.77 bits per heavy atom. The van der Waals surface area contributed by atoms with Gasteiger partial charge in [-0.2, -0.15) is 0 Å². The van der Waals surface area contributed by atoms with E-state index in [9.17, 15) is 4.79 Å². The summed E-state index contributed by atoms with van der Waals surface area (Å²) in [5, 5.41) is 3.17. The molecular weight excluding hydrogens is 370 g/mol. The summed E-state index contributed by atoms with van der Waals surface area (Å²) in [6.07, 6.45) is 7.56. The maximum atomic E-state index is 12.9. The third kappa shape index (κ3) is 5.29. The number of para-hydroxylation sites is 2. The van der Waals surface area contributed by atoms with Gasteiger partial charge in [0.05, 0.1) is 17.1 Å². The van der Waals surface area contributed by atoms with Gasteiger partial charge in [-0.1, -0.05) is 68.9 Å². The second-order valence-corrected chi connectivity index (χ2v) is 8.39. The molecule has 0 aliphatic heterocycles. The standard InChI is InChI=1S/C26H35N3O/c1-5-6-7-8-9-12-17-29-24-14-11-10-13-23(24)28-25(29)21(4)27-26(30)22-16-15-19(2)18-20(22)3/h10-11,13-16,18,21H,5-9,12,17H2,1-4H3,(H,27,30). The Kier molecular flexibility index (Phi) is 7.67. The van der Waals surface area contributed by atoms with Gasteiger partial charge in [0.25, 0.3) is 5.91 Å². The maximum Gasteiger partial charge on any atom is 0.252 e. The van der Waals surface area contributed by atoms with Gasteiger partial charge >= 0.3 is 0 Å². The third-order valence-corrected chi connectivity index (χ3v) is 5.78. The van der Waals surface area contributed by atoms with Crippen LogP contribution in [-0.2, 0) is 6.54 Å². The zero-order valence-electron chi connectivity index (χ0n) is 18.9. The number of nitrogens with one attached hydrogen (secondary N) is 1. The van der Waals surface area contributed by atoms with Crippen molar-refractivity contribution in [2.24, 2.45) is 0 Å². The molecule has 4 nitrogen and oxygen atoms in total. The van der Waals surface area contributed by atoms with Crippen LogP contribution in [0.2, 0.25) is 0 Å². The molecule has 1 atom stereocenters. The Hall–Kier alpha value is -2.62. The summed E-state index contributed by atoms with van der Waals surface area (Å²) in [5.41, 5.74) is 5.03. The zero-order chi connectivity index (χ0) is 21.5. The molecule has 1 N–H and O–H groups in total. The fraction of sp³-hybridized carbons (Fsp3) is 0.462. The van der Waals surface area contributed by atoms with Crippen LogP contribution in [0.15, 0.2) is 42.5 Å². The Labute approximate surface area is 180 Å². The van der Waals surface area contributed by atoms with E-state index in [2.05, 4.69) is 35.0 Å². The van der Waals surface area contributed by atoms with Gasteiger partial charge in [-0.05, 0) is 51.0 Å². The minimum absolute atomic E-state index is 0.0434. The molecule has 1 amide bonds. The summed E-state index contributed by atoms with van der Waals surface area (Å²) in [5.74, 6) is 0.890. The number of carbonyl (C=O) groups excluding carboxylic acids is 1. The van der Waals surface area contributed by atoms with Crippen molar-refractivity contribution in [2.75, 3.05) is 0 Å². The summed E-state index contributed by atoms with van der Waals surface area (Å²) in [6, 6.07) is 14.0. The van der Waals surface area contributed by atoms with Crippen LogP contribution < -0.4 is 5.32 Å². The second-order valence-electron chi connectivity index (χ2n) is 8.39. The first-order valence-corrected chi connectivity index (χ1v) is 11.3. The van der Waals surface area contributed by atoms with Gasteiger partial charge in [0, 0.05) is 12.1 Å². The number of aromatic nitrogens is 2. The molecule has 4 heteroatoms.